The Hall–Kier alpha value is -1.48. The highest BCUT2D eigenvalue weighted by atomic mass is 31.2. The minimum absolute atomic E-state index is 0.0524. The van der Waals surface area contributed by atoms with Crippen molar-refractivity contribution in [2.75, 3.05) is 28.2 Å². The SMILES string of the molecule is CN(C)OP(=O)(ON(C)C)c1cc(O)ccc1CC(N)C(=O)O. The lowest BCUT2D eigenvalue weighted by Gasteiger charge is -2.26. The van der Waals surface area contributed by atoms with Crippen LogP contribution in [0.3, 0.4) is 0 Å². The van der Waals surface area contributed by atoms with Gasteiger partial charge in [0, 0.05) is 28.2 Å². The van der Waals surface area contributed by atoms with Gasteiger partial charge in [0.1, 0.15) is 11.8 Å². The number of aliphatic carboxylic acids is 1. The van der Waals surface area contributed by atoms with Gasteiger partial charge in [-0.05, 0) is 24.1 Å². The number of hydrogen-bond acceptors (Lipinski definition) is 8. The van der Waals surface area contributed by atoms with Crippen molar-refractivity contribution in [1.29, 1.82) is 0 Å². The van der Waals surface area contributed by atoms with Crippen molar-refractivity contribution in [3.05, 3.63) is 23.8 Å². The number of carboxylic acid groups (broad SMARTS) is 1. The van der Waals surface area contributed by atoms with Crippen LogP contribution in [0.15, 0.2) is 18.2 Å². The van der Waals surface area contributed by atoms with Crippen molar-refractivity contribution < 1.29 is 28.8 Å². The van der Waals surface area contributed by atoms with Crippen LogP contribution in [0.1, 0.15) is 5.56 Å². The minimum atomic E-state index is -3.89. The zero-order chi connectivity index (χ0) is 17.8. The molecule has 0 aliphatic carbocycles. The van der Waals surface area contributed by atoms with E-state index in [1.165, 1.54) is 56.5 Å². The van der Waals surface area contributed by atoms with Crippen LogP contribution in [0, 0.1) is 0 Å². The molecule has 0 saturated carbocycles. The van der Waals surface area contributed by atoms with Crippen LogP contribution in [0.2, 0.25) is 0 Å². The first kappa shape index (κ1) is 19.6. The number of hydroxylamine groups is 4. The van der Waals surface area contributed by atoms with Crippen molar-refractivity contribution >= 4 is 18.9 Å². The van der Waals surface area contributed by atoms with E-state index in [-0.39, 0.29) is 17.5 Å². The van der Waals surface area contributed by atoms with Gasteiger partial charge in [-0.25, -0.2) is 9.25 Å². The number of rotatable bonds is 8. The summed E-state index contributed by atoms with van der Waals surface area (Å²) >= 11 is 0. The van der Waals surface area contributed by atoms with Gasteiger partial charge in [0.15, 0.2) is 0 Å². The second kappa shape index (κ2) is 7.87. The highest BCUT2D eigenvalue weighted by Gasteiger charge is 2.35. The number of nitrogens with zero attached hydrogens (tertiary/aromatic N) is 2. The molecule has 0 bridgehead atoms. The molecule has 4 N–H and O–H groups in total. The molecule has 1 unspecified atom stereocenters. The molecular weight excluding hydrogens is 325 g/mol. The molecule has 0 spiro atoms. The van der Waals surface area contributed by atoms with Gasteiger partial charge in [0.25, 0.3) is 0 Å². The largest absolute Gasteiger partial charge is 0.508 e. The predicted octanol–water partition coefficient (Wildman–Crippen LogP) is 0.151. The van der Waals surface area contributed by atoms with Crippen molar-refractivity contribution in [2.24, 2.45) is 5.73 Å². The summed E-state index contributed by atoms with van der Waals surface area (Å²) in [6, 6.07) is 2.82. The van der Waals surface area contributed by atoms with E-state index >= 15 is 0 Å². The van der Waals surface area contributed by atoms with Crippen molar-refractivity contribution in [3.63, 3.8) is 0 Å². The number of benzene rings is 1. The average molecular weight is 347 g/mol. The third-order valence-corrected chi connectivity index (χ3v) is 4.75. The van der Waals surface area contributed by atoms with E-state index in [2.05, 4.69) is 0 Å². The van der Waals surface area contributed by atoms with E-state index in [4.69, 9.17) is 20.1 Å². The molecule has 1 atom stereocenters. The maximum atomic E-state index is 13.1. The van der Waals surface area contributed by atoms with E-state index in [0.29, 0.717) is 5.56 Å². The van der Waals surface area contributed by atoms with Crippen molar-refractivity contribution in [1.82, 2.24) is 10.1 Å². The molecule has 0 aromatic heterocycles. The number of carboxylic acids is 1. The van der Waals surface area contributed by atoms with E-state index in [1.54, 1.807) is 0 Å². The Balaban J connectivity index is 3.36. The standard InChI is InChI=1S/C13H22N3O6P/c1-15(2)21-23(20,22-16(3)4)12-8-10(17)6-5-9(12)7-11(14)13(18)19/h5-6,8,11,17H,7,14H2,1-4H3,(H,18,19). The van der Waals surface area contributed by atoms with E-state index in [9.17, 15) is 14.5 Å². The van der Waals surface area contributed by atoms with Gasteiger partial charge in [-0.1, -0.05) is 6.07 Å². The van der Waals surface area contributed by atoms with Gasteiger partial charge in [-0.15, -0.1) is 0 Å². The first-order valence-corrected chi connectivity index (χ1v) is 8.24. The first-order valence-electron chi connectivity index (χ1n) is 6.70. The van der Waals surface area contributed by atoms with Gasteiger partial charge in [0.05, 0.1) is 5.30 Å². The molecule has 0 aliphatic heterocycles. The Labute approximate surface area is 134 Å². The number of phenols is 1. The summed E-state index contributed by atoms with van der Waals surface area (Å²) in [6.07, 6.45) is -0.0947. The van der Waals surface area contributed by atoms with Crippen LogP contribution < -0.4 is 11.0 Å². The van der Waals surface area contributed by atoms with Crippen LogP contribution in [-0.2, 0) is 25.0 Å². The molecule has 0 radical (unpaired) electrons. The number of hydrogen-bond donors (Lipinski definition) is 3. The monoisotopic (exact) mass is 347 g/mol. The predicted molar refractivity (Wildman–Crippen MR) is 84.2 cm³/mol. The molecule has 10 heteroatoms. The lowest BCUT2D eigenvalue weighted by Crippen LogP contribution is -2.34. The van der Waals surface area contributed by atoms with Gasteiger partial charge < -0.3 is 15.9 Å². The molecule has 23 heavy (non-hydrogen) atoms. The fraction of sp³-hybridized carbons (Fsp3) is 0.462. The third-order valence-electron chi connectivity index (χ3n) is 2.66. The highest BCUT2D eigenvalue weighted by Crippen LogP contribution is 2.49. The number of phenolic OH excluding ortho intramolecular Hbond substituents is 1. The smallest absolute Gasteiger partial charge is 0.394 e. The Bertz CT molecular complexity index is 593. The minimum Gasteiger partial charge on any atom is -0.508 e. The van der Waals surface area contributed by atoms with Crippen molar-refractivity contribution in [3.8, 4) is 5.75 Å². The van der Waals surface area contributed by atoms with Gasteiger partial charge in [-0.2, -0.15) is 10.1 Å². The van der Waals surface area contributed by atoms with Crippen molar-refractivity contribution in [2.45, 2.75) is 12.5 Å². The lowest BCUT2D eigenvalue weighted by atomic mass is 10.1. The molecule has 1 aromatic carbocycles. The van der Waals surface area contributed by atoms with E-state index in [1.807, 2.05) is 0 Å². The Morgan fingerprint density at radius 1 is 1.26 bits per heavy atom. The first-order chi connectivity index (χ1) is 10.5. The second-order valence-corrected chi connectivity index (χ2v) is 7.05. The molecule has 0 saturated heterocycles. The van der Waals surface area contributed by atoms with Crippen LogP contribution in [0.5, 0.6) is 5.75 Å². The summed E-state index contributed by atoms with van der Waals surface area (Å²) in [5.41, 5.74) is 5.90. The summed E-state index contributed by atoms with van der Waals surface area (Å²) in [4.78, 5) is 11.0. The molecule has 0 aliphatic rings. The molecule has 130 valence electrons. The summed E-state index contributed by atoms with van der Waals surface area (Å²) in [7, 11) is 2.21. The maximum absolute atomic E-state index is 13.1. The third kappa shape index (κ3) is 5.58. The normalized spacial score (nSPS) is 13.5. The fourth-order valence-corrected chi connectivity index (χ4v) is 3.71. The van der Waals surface area contributed by atoms with Gasteiger partial charge in [0.2, 0.25) is 0 Å². The summed E-state index contributed by atoms with van der Waals surface area (Å²) in [6.45, 7) is 0. The maximum Gasteiger partial charge on any atom is 0.394 e. The molecule has 1 aromatic rings. The zero-order valence-corrected chi connectivity index (χ0v) is 14.4. The van der Waals surface area contributed by atoms with Crippen LogP contribution >= 0.6 is 7.60 Å². The highest BCUT2D eigenvalue weighted by molar-refractivity contribution is 7.62. The van der Waals surface area contributed by atoms with E-state index in [0.717, 1.165) is 0 Å². The van der Waals surface area contributed by atoms with Crippen LogP contribution in [0.4, 0.5) is 0 Å². The molecule has 0 amide bonds. The Morgan fingerprint density at radius 3 is 2.22 bits per heavy atom. The fourth-order valence-electron chi connectivity index (χ4n) is 1.84. The van der Waals surface area contributed by atoms with Crippen LogP contribution in [-0.4, -0.2) is 60.5 Å². The second-order valence-electron chi connectivity index (χ2n) is 5.25. The van der Waals surface area contributed by atoms with Crippen LogP contribution in [0.25, 0.3) is 0 Å². The number of nitrogens with two attached hydrogens (primary N) is 1. The van der Waals surface area contributed by atoms with E-state index < -0.39 is 19.6 Å². The zero-order valence-electron chi connectivity index (χ0n) is 13.5. The summed E-state index contributed by atoms with van der Waals surface area (Å²) in [5, 5.41) is 21.1. The van der Waals surface area contributed by atoms with Gasteiger partial charge in [-0.3, -0.25) is 9.36 Å². The quantitative estimate of drug-likeness (QED) is 0.445. The van der Waals surface area contributed by atoms with Gasteiger partial charge >= 0.3 is 13.6 Å². The number of aromatic hydroxyl groups is 1. The molecule has 0 fully saturated rings. The molecule has 9 nitrogen and oxygen atoms in total. The molecular formula is C13H22N3O6P. The topological polar surface area (TPSA) is 126 Å². The molecule has 1 rings (SSSR count). The lowest BCUT2D eigenvalue weighted by molar-refractivity contribution is -0.138. The summed E-state index contributed by atoms with van der Waals surface area (Å²) < 4.78 is 23.7. The Morgan fingerprint density at radius 2 is 1.78 bits per heavy atom. The molecule has 0 heterocycles. The average Bonchev–Trinajstić information content (AvgIpc) is 2.38. The number of carbonyl (C=O) groups is 1. The summed E-state index contributed by atoms with van der Waals surface area (Å²) in [5.74, 6) is -1.35. The Kier molecular flexibility index (Phi) is 6.69.